The van der Waals surface area contributed by atoms with Crippen LogP contribution < -0.4 is 5.32 Å². The maximum Gasteiger partial charge on any atom is 0.165 e. The summed E-state index contributed by atoms with van der Waals surface area (Å²) in [5.41, 5.74) is 4.15. The highest BCUT2D eigenvalue weighted by molar-refractivity contribution is 9.10. The third-order valence-electron chi connectivity index (χ3n) is 5.15. The van der Waals surface area contributed by atoms with E-state index in [9.17, 15) is 4.79 Å². The van der Waals surface area contributed by atoms with E-state index in [0.29, 0.717) is 6.42 Å². The number of rotatable bonds is 7. The number of hydrogen-bond donors (Lipinski definition) is 1. The molecule has 2 nitrogen and oxygen atoms in total. The van der Waals surface area contributed by atoms with Crippen molar-refractivity contribution in [2.75, 3.05) is 11.6 Å². The van der Waals surface area contributed by atoms with Gasteiger partial charge >= 0.3 is 0 Å². The third-order valence-corrected chi connectivity index (χ3v) is 6.38. The van der Waals surface area contributed by atoms with Crippen molar-refractivity contribution in [1.82, 2.24) is 0 Å². The number of Topliss-reactive ketones (excluding diaryl/α,β-unsaturated/α-hetero) is 1. The quantitative estimate of drug-likeness (QED) is 0.274. The van der Waals surface area contributed by atoms with Crippen LogP contribution >= 0.6 is 27.7 Å². The first kappa shape index (κ1) is 22.6. The van der Waals surface area contributed by atoms with Crippen LogP contribution in [-0.2, 0) is 5.41 Å². The molecule has 0 unspecified atom stereocenters. The van der Waals surface area contributed by atoms with E-state index >= 15 is 0 Å². The van der Waals surface area contributed by atoms with Crippen molar-refractivity contribution in [1.29, 1.82) is 0 Å². The molecule has 0 spiro atoms. The Balaban J connectivity index is 1.84. The van der Waals surface area contributed by atoms with Crippen molar-refractivity contribution in [2.24, 2.45) is 0 Å². The minimum atomic E-state index is -0.106. The van der Waals surface area contributed by atoms with E-state index in [4.69, 9.17) is 0 Å². The number of nitrogens with one attached hydrogen (secondary N) is 1. The normalized spacial score (nSPS) is 12.4. The Labute approximate surface area is 192 Å². The molecule has 4 heteroatoms. The number of hydrogen-bond acceptors (Lipinski definition) is 3. The van der Waals surface area contributed by atoms with E-state index in [1.807, 2.05) is 36.4 Å². The van der Waals surface area contributed by atoms with Crippen molar-refractivity contribution >= 4 is 39.2 Å². The Bertz CT molecular complexity index is 991. The molecule has 0 heterocycles. The van der Waals surface area contributed by atoms with E-state index in [0.717, 1.165) is 21.3 Å². The van der Waals surface area contributed by atoms with Crippen LogP contribution in [0.2, 0.25) is 0 Å². The van der Waals surface area contributed by atoms with Gasteiger partial charge < -0.3 is 5.32 Å². The van der Waals surface area contributed by atoms with Gasteiger partial charge in [0.05, 0.1) is 6.04 Å². The van der Waals surface area contributed by atoms with Crippen LogP contribution in [-0.4, -0.2) is 12.0 Å². The molecule has 0 aliphatic carbocycles. The first-order valence-corrected chi connectivity index (χ1v) is 12.1. The van der Waals surface area contributed by atoms with Gasteiger partial charge in [-0.3, -0.25) is 4.79 Å². The van der Waals surface area contributed by atoms with Crippen LogP contribution in [0.1, 0.15) is 54.7 Å². The highest BCUT2D eigenvalue weighted by Gasteiger charge is 2.19. The molecular formula is C26H28BrNOS. The largest absolute Gasteiger partial charge is 0.378 e. The van der Waals surface area contributed by atoms with Crippen molar-refractivity contribution in [3.63, 3.8) is 0 Å². The number of benzene rings is 3. The lowest BCUT2D eigenvalue weighted by atomic mass is 9.86. The van der Waals surface area contributed by atoms with E-state index in [-0.39, 0.29) is 17.2 Å². The molecular weight excluding hydrogens is 454 g/mol. The predicted octanol–water partition coefficient (Wildman–Crippen LogP) is 7.89. The van der Waals surface area contributed by atoms with E-state index in [2.05, 4.69) is 84.7 Å². The third kappa shape index (κ3) is 5.99. The minimum Gasteiger partial charge on any atom is -0.378 e. The second-order valence-corrected chi connectivity index (χ2v) is 10.2. The summed E-state index contributed by atoms with van der Waals surface area (Å²) in [5, 5.41) is 3.55. The monoisotopic (exact) mass is 481 g/mol. The molecule has 0 saturated heterocycles. The minimum absolute atomic E-state index is 0.0748. The average Bonchev–Trinajstić information content (AvgIpc) is 2.73. The van der Waals surface area contributed by atoms with Crippen LogP contribution in [0.15, 0.2) is 82.2 Å². The summed E-state index contributed by atoms with van der Waals surface area (Å²) in [7, 11) is 0. The molecule has 0 radical (unpaired) electrons. The number of anilines is 1. The summed E-state index contributed by atoms with van der Waals surface area (Å²) in [6.45, 7) is 6.54. The van der Waals surface area contributed by atoms with Gasteiger partial charge in [-0.1, -0.05) is 79.2 Å². The fourth-order valence-corrected chi connectivity index (χ4v) is 4.13. The summed E-state index contributed by atoms with van der Waals surface area (Å²) in [6.07, 6.45) is 2.46. The first-order chi connectivity index (χ1) is 14.3. The maximum atomic E-state index is 13.1. The smallest absolute Gasteiger partial charge is 0.165 e. The van der Waals surface area contributed by atoms with E-state index in [1.54, 1.807) is 11.8 Å². The Kier molecular flexibility index (Phi) is 7.43. The number of halogens is 1. The molecule has 0 fully saturated rings. The second-order valence-electron chi connectivity index (χ2n) is 8.44. The summed E-state index contributed by atoms with van der Waals surface area (Å²) < 4.78 is 1.01. The molecule has 0 aromatic heterocycles. The molecule has 3 aromatic rings. The van der Waals surface area contributed by atoms with Gasteiger partial charge in [-0.15, -0.1) is 11.8 Å². The zero-order chi connectivity index (χ0) is 21.7. The fraction of sp³-hybridized carbons (Fsp3) is 0.269. The van der Waals surface area contributed by atoms with Gasteiger partial charge in [0.2, 0.25) is 0 Å². The van der Waals surface area contributed by atoms with Gasteiger partial charge in [0.1, 0.15) is 0 Å². The second kappa shape index (κ2) is 9.84. The highest BCUT2D eigenvalue weighted by atomic mass is 79.9. The number of ketones is 1. The molecule has 0 saturated carbocycles. The summed E-state index contributed by atoms with van der Waals surface area (Å²) in [4.78, 5) is 14.3. The maximum absolute atomic E-state index is 13.1. The molecule has 156 valence electrons. The number of carbonyl (C=O) groups excluding carboxylic acids is 1. The SMILES string of the molecule is CSc1ccc([C@@H](CC(=O)c2ccc(C(C)(C)C)cc2)Nc2cccc(Br)c2)cc1. The summed E-state index contributed by atoms with van der Waals surface area (Å²) in [5.74, 6) is 0.136. The fourth-order valence-electron chi connectivity index (χ4n) is 3.33. The zero-order valence-electron chi connectivity index (χ0n) is 17.9. The number of carbonyl (C=O) groups is 1. The van der Waals surface area contributed by atoms with Crippen LogP contribution in [0.4, 0.5) is 5.69 Å². The van der Waals surface area contributed by atoms with E-state index in [1.165, 1.54) is 10.5 Å². The standard InChI is InChI=1S/C26H28BrNOS/c1-26(2,3)20-12-8-19(9-13-20)25(29)17-24(18-10-14-23(30-4)15-11-18)28-22-7-5-6-21(27)16-22/h5-16,24,28H,17H2,1-4H3/t24-/m1/s1. The van der Waals surface area contributed by atoms with Gasteiger partial charge in [0.25, 0.3) is 0 Å². The van der Waals surface area contributed by atoms with Crippen molar-refractivity contribution < 1.29 is 4.79 Å². The molecule has 3 rings (SSSR count). The van der Waals surface area contributed by atoms with Gasteiger partial charge in [-0.05, 0) is 53.1 Å². The Morgan fingerprint density at radius 2 is 1.67 bits per heavy atom. The predicted molar refractivity (Wildman–Crippen MR) is 133 cm³/mol. The highest BCUT2D eigenvalue weighted by Crippen LogP contribution is 2.28. The van der Waals surface area contributed by atoms with Crippen LogP contribution in [0.25, 0.3) is 0 Å². The lowest BCUT2D eigenvalue weighted by Crippen LogP contribution is -2.16. The zero-order valence-corrected chi connectivity index (χ0v) is 20.3. The van der Waals surface area contributed by atoms with Gasteiger partial charge in [0.15, 0.2) is 5.78 Å². The Hall–Kier alpha value is -2.04. The molecule has 1 N–H and O–H groups in total. The molecule has 30 heavy (non-hydrogen) atoms. The lowest BCUT2D eigenvalue weighted by molar-refractivity contribution is 0.0976. The van der Waals surface area contributed by atoms with Gasteiger partial charge in [-0.25, -0.2) is 0 Å². The van der Waals surface area contributed by atoms with Crippen molar-refractivity contribution in [3.05, 3.63) is 94.0 Å². The summed E-state index contributed by atoms with van der Waals surface area (Å²) in [6, 6.07) is 24.4. The van der Waals surface area contributed by atoms with Crippen LogP contribution in [0.5, 0.6) is 0 Å². The Morgan fingerprint density at radius 1 is 1.00 bits per heavy atom. The van der Waals surface area contributed by atoms with Crippen molar-refractivity contribution in [2.45, 2.75) is 43.5 Å². The van der Waals surface area contributed by atoms with Gasteiger partial charge in [-0.2, -0.15) is 0 Å². The lowest BCUT2D eigenvalue weighted by Gasteiger charge is -2.21. The number of thioether (sulfide) groups is 1. The Morgan fingerprint density at radius 3 is 2.23 bits per heavy atom. The van der Waals surface area contributed by atoms with Gasteiger partial charge in [0, 0.05) is 27.0 Å². The molecule has 0 bridgehead atoms. The molecule has 0 aliphatic heterocycles. The van der Waals surface area contributed by atoms with Crippen molar-refractivity contribution in [3.8, 4) is 0 Å². The van der Waals surface area contributed by atoms with E-state index < -0.39 is 0 Å². The summed E-state index contributed by atoms with van der Waals surface area (Å²) >= 11 is 5.24. The van der Waals surface area contributed by atoms with Crippen LogP contribution in [0.3, 0.4) is 0 Å². The molecule has 3 aromatic carbocycles. The van der Waals surface area contributed by atoms with Crippen LogP contribution in [0, 0.1) is 0 Å². The average molecular weight is 482 g/mol. The molecule has 0 aliphatic rings. The molecule has 1 atom stereocenters. The first-order valence-electron chi connectivity index (χ1n) is 10.1. The molecule has 0 amide bonds. The topological polar surface area (TPSA) is 29.1 Å².